The van der Waals surface area contributed by atoms with E-state index in [1.807, 2.05) is 36.4 Å². The number of ether oxygens (including phenoxy) is 2. The zero-order valence-electron chi connectivity index (χ0n) is 10.8. The molecule has 2 atom stereocenters. The number of alkyl halides is 2. The van der Waals surface area contributed by atoms with Crippen LogP contribution in [-0.4, -0.2) is 29.0 Å². The first-order valence-corrected chi connectivity index (χ1v) is 7.70. The Labute approximate surface area is 135 Å². The molecule has 0 N–H and O–H groups in total. The molecule has 1 aromatic rings. The van der Waals surface area contributed by atoms with Gasteiger partial charge in [0, 0.05) is 0 Å². The molecule has 0 radical (unpaired) electrons. The quantitative estimate of drug-likeness (QED) is 0.494. The van der Waals surface area contributed by atoms with Crippen LogP contribution in [0.1, 0.15) is 6.42 Å². The maximum Gasteiger partial charge on any atom is 0.148 e. The third-order valence-electron chi connectivity index (χ3n) is 2.50. The van der Waals surface area contributed by atoms with Crippen molar-refractivity contribution < 1.29 is 9.47 Å². The van der Waals surface area contributed by atoms with E-state index >= 15 is 0 Å². The number of nitrogens with zero attached hydrogens (tertiary/aromatic N) is 2. The Kier molecular flexibility index (Phi) is 7.61. The molecule has 1 aromatic carbocycles. The largest absolute Gasteiger partial charge is 0.491 e. The second kappa shape index (κ2) is 8.97. The van der Waals surface area contributed by atoms with Gasteiger partial charge in [0.15, 0.2) is 0 Å². The molecule has 0 amide bonds. The maximum absolute atomic E-state index is 9.17. The predicted molar refractivity (Wildman–Crippen MR) is 83.0 cm³/mol. The highest BCUT2D eigenvalue weighted by atomic mass is 79.9. The van der Waals surface area contributed by atoms with E-state index in [0.29, 0.717) is 13.2 Å². The van der Waals surface area contributed by atoms with E-state index in [0.717, 1.165) is 5.75 Å². The highest BCUT2D eigenvalue weighted by molar-refractivity contribution is 9.12. The van der Waals surface area contributed by atoms with Gasteiger partial charge >= 0.3 is 0 Å². The van der Waals surface area contributed by atoms with Crippen molar-refractivity contribution in [1.82, 2.24) is 0 Å². The van der Waals surface area contributed by atoms with Gasteiger partial charge < -0.3 is 9.47 Å². The number of halogens is 2. The molecule has 0 aliphatic rings. The fraction of sp³-hybridized carbons (Fsp3) is 0.429. The molecule has 0 spiro atoms. The van der Waals surface area contributed by atoms with Gasteiger partial charge in [-0.2, -0.15) is 10.5 Å². The van der Waals surface area contributed by atoms with E-state index in [2.05, 4.69) is 37.9 Å². The second-order valence-electron chi connectivity index (χ2n) is 4.02. The number of nitriles is 2. The van der Waals surface area contributed by atoms with Crippen LogP contribution in [0.15, 0.2) is 30.3 Å². The van der Waals surface area contributed by atoms with Gasteiger partial charge in [0.25, 0.3) is 0 Å². The van der Waals surface area contributed by atoms with Gasteiger partial charge in [-0.05, 0) is 12.1 Å². The summed E-state index contributed by atoms with van der Waals surface area (Å²) in [7, 11) is 0. The molecular formula is C14H14Br2N2O2. The van der Waals surface area contributed by atoms with Gasteiger partial charge in [-0.1, -0.05) is 50.1 Å². The van der Waals surface area contributed by atoms with Crippen molar-refractivity contribution in [1.29, 1.82) is 10.5 Å². The molecule has 0 bridgehead atoms. The van der Waals surface area contributed by atoms with Crippen molar-refractivity contribution >= 4 is 31.9 Å². The molecule has 2 unspecified atom stereocenters. The normalized spacial score (nSPS) is 14.6. The second-order valence-corrected chi connectivity index (χ2v) is 6.54. The van der Waals surface area contributed by atoms with E-state index in [9.17, 15) is 0 Å². The summed E-state index contributed by atoms with van der Waals surface area (Å²) in [4.78, 5) is -0.292. The Bertz CT molecular complexity index is 484. The minimum Gasteiger partial charge on any atom is -0.491 e. The summed E-state index contributed by atoms with van der Waals surface area (Å²) in [5.41, 5.74) is 0. The molecule has 0 aliphatic heterocycles. The van der Waals surface area contributed by atoms with Crippen LogP contribution < -0.4 is 4.74 Å². The van der Waals surface area contributed by atoms with Crippen LogP contribution in [0, 0.1) is 22.7 Å². The first kappa shape index (κ1) is 17.0. The van der Waals surface area contributed by atoms with Crippen molar-refractivity contribution in [2.45, 2.75) is 15.6 Å². The number of hydrogen-bond donors (Lipinski definition) is 0. The molecule has 6 heteroatoms. The zero-order valence-corrected chi connectivity index (χ0v) is 13.9. The summed E-state index contributed by atoms with van der Waals surface area (Å²) in [5, 5.41) is 17.8. The minimum absolute atomic E-state index is 0.180. The Hall–Kier alpha value is -1.08. The summed E-state index contributed by atoms with van der Waals surface area (Å²) in [5.74, 6) is 0.782. The van der Waals surface area contributed by atoms with Gasteiger partial charge in [0.1, 0.15) is 16.7 Å². The Balaban J connectivity index is 2.29. The summed E-state index contributed by atoms with van der Waals surface area (Å²) >= 11 is 6.65. The summed E-state index contributed by atoms with van der Waals surface area (Å²) in [6.45, 7) is 0.958. The topological polar surface area (TPSA) is 66.0 Å². The average molecular weight is 402 g/mol. The van der Waals surface area contributed by atoms with Crippen molar-refractivity contribution in [2.24, 2.45) is 0 Å². The Morgan fingerprint density at radius 3 is 2.50 bits per heavy atom. The fourth-order valence-electron chi connectivity index (χ4n) is 1.39. The number of hydrogen-bond acceptors (Lipinski definition) is 4. The third-order valence-corrected chi connectivity index (χ3v) is 5.18. The molecule has 0 saturated carbocycles. The average Bonchev–Trinajstić information content (AvgIpc) is 2.48. The van der Waals surface area contributed by atoms with Crippen LogP contribution >= 0.6 is 31.9 Å². The van der Waals surface area contributed by atoms with Crippen LogP contribution in [0.25, 0.3) is 0 Å². The molecule has 0 fully saturated rings. The lowest BCUT2D eigenvalue weighted by Crippen LogP contribution is -2.36. The van der Waals surface area contributed by atoms with Gasteiger partial charge in [-0.3, -0.25) is 0 Å². The summed E-state index contributed by atoms with van der Waals surface area (Å²) in [6.07, 6.45) is 0.225. The highest BCUT2D eigenvalue weighted by Crippen LogP contribution is 2.30. The Morgan fingerprint density at radius 1 is 1.20 bits per heavy atom. The summed E-state index contributed by atoms with van der Waals surface area (Å²) in [6, 6.07) is 13.6. The number of para-hydroxylation sites is 1. The standard InChI is InChI=1S/C14H14Br2N2O2/c15-13(6-7-17)14(16,10-18)11-19-8-9-20-12-4-2-1-3-5-12/h1-5,13H,6,8-9,11H2. The van der Waals surface area contributed by atoms with E-state index in [1.54, 1.807) is 0 Å². The lowest BCUT2D eigenvalue weighted by Gasteiger charge is -2.23. The molecule has 20 heavy (non-hydrogen) atoms. The van der Waals surface area contributed by atoms with E-state index in [4.69, 9.17) is 20.0 Å². The molecule has 106 valence electrons. The molecule has 4 nitrogen and oxygen atoms in total. The SMILES string of the molecule is N#CCC(Br)C(Br)(C#N)COCCOc1ccccc1. The van der Waals surface area contributed by atoms with Crippen molar-refractivity contribution in [3.05, 3.63) is 30.3 Å². The van der Waals surface area contributed by atoms with Crippen molar-refractivity contribution in [3.8, 4) is 17.9 Å². The maximum atomic E-state index is 9.17. The smallest absolute Gasteiger partial charge is 0.148 e. The molecule has 0 aliphatic carbocycles. The van der Waals surface area contributed by atoms with Gasteiger partial charge in [-0.15, -0.1) is 0 Å². The van der Waals surface area contributed by atoms with Crippen LogP contribution in [0.3, 0.4) is 0 Å². The molecule has 1 rings (SSSR count). The molecule has 0 heterocycles. The first-order chi connectivity index (χ1) is 9.62. The van der Waals surface area contributed by atoms with E-state index < -0.39 is 4.32 Å². The predicted octanol–water partition coefficient (Wildman–Crippen LogP) is 3.42. The van der Waals surface area contributed by atoms with Crippen LogP contribution in [0.5, 0.6) is 5.75 Å². The fourth-order valence-corrected chi connectivity index (χ4v) is 2.09. The molecular weight excluding hydrogens is 388 g/mol. The van der Waals surface area contributed by atoms with Crippen LogP contribution in [0.2, 0.25) is 0 Å². The monoisotopic (exact) mass is 400 g/mol. The third kappa shape index (κ3) is 5.50. The van der Waals surface area contributed by atoms with Gasteiger partial charge in [0.2, 0.25) is 0 Å². The lowest BCUT2D eigenvalue weighted by atomic mass is 10.1. The van der Waals surface area contributed by atoms with Gasteiger partial charge in [-0.25, -0.2) is 0 Å². The lowest BCUT2D eigenvalue weighted by molar-refractivity contribution is 0.0930. The summed E-state index contributed by atoms with van der Waals surface area (Å²) < 4.78 is 10.0. The minimum atomic E-state index is -0.907. The molecule has 0 saturated heterocycles. The van der Waals surface area contributed by atoms with Crippen molar-refractivity contribution in [2.75, 3.05) is 19.8 Å². The zero-order chi connectivity index (χ0) is 14.8. The first-order valence-electron chi connectivity index (χ1n) is 5.99. The Morgan fingerprint density at radius 2 is 1.90 bits per heavy atom. The highest BCUT2D eigenvalue weighted by Gasteiger charge is 2.35. The molecule has 0 aromatic heterocycles. The number of benzene rings is 1. The van der Waals surface area contributed by atoms with Gasteiger partial charge in [0.05, 0.1) is 36.6 Å². The van der Waals surface area contributed by atoms with Crippen LogP contribution in [-0.2, 0) is 4.74 Å². The number of rotatable bonds is 8. The van der Waals surface area contributed by atoms with E-state index in [1.165, 1.54) is 0 Å². The van der Waals surface area contributed by atoms with E-state index in [-0.39, 0.29) is 17.9 Å². The van der Waals surface area contributed by atoms with Crippen molar-refractivity contribution in [3.63, 3.8) is 0 Å². The van der Waals surface area contributed by atoms with Crippen LogP contribution in [0.4, 0.5) is 0 Å².